The molecule has 0 radical (unpaired) electrons. The minimum Gasteiger partial charge on any atom is -0.493 e. The Hall–Kier alpha value is -4.44. The highest BCUT2D eigenvalue weighted by Gasteiger charge is 2.19. The number of halogens is 1. The molecule has 0 saturated carbocycles. The molecule has 0 unspecified atom stereocenters. The first kappa shape index (κ1) is 25.2. The van der Waals surface area contributed by atoms with Crippen molar-refractivity contribution in [2.45, 2.75) is 13.0 Å². The first-order valence-electron chi connectivity index (χ1n) is 11.6. The Morgan fingerprint density at radius 2 is 1.84 bits per heavy atom. The highest BCUT2D eigenvalue weighted by molar-refractivity contribution is 9.10. The lowest BCUT2D eigenvalue weighted by molar-refractivity contribution is -0.147. The van der Waals surface area contributed by atoms with Crippen LogP contribution in [0.3, 0.4) is 0 Å². The van der Waals surface area contributed by atoms with Crippen LogP contribution in [0.25, 0.3) is 33.5 Å². The van der Waals surface area contributed by atoms with Gasteiger partial charge in [-0.1, -0.05) is 30.3 Å². The second kappa shape index (κ2) is 10.5. The summed E-state index contributed by atoms with van der Waals surface area (Å²) < 4.78 is 23.7. The van der Waals surface area contributed by atoms with Crippen LogP contribution in [0.2, 0.25) is 0 Å². The van der Waals surface area contributed by atoms with Crippen molar-refractivity contribution in [3.63, 3.8) is 0 Å². The summed E-state index contributed by atoms with van der Waals surface area (Å²) in [4.78, 5) is 30.0. The smallest absolute Gasteiger partial charge is 0.346 e. The number of carbonyl (C=O) groups excluding carboxylic acids is 1. The number of hydrogen-bond acceptors (Lipinski definition) is 8. The first-order valence-corrected chi connectivity index (χ1v) is 12.4. The van der Waals surface area contributed by atoms with Crippen LogP contribution in [0.15, 0.2) is 85.5 Å². The number of rotatable bonds is 7. The van der Waals surface area contributed by atoms with Gasteiger partial charge in [-0.05, 0) is 59.3 Å². The summed E-state index contributed by atoms with van der Waals surface area (Å²) >= 11 is 3.51. The molecule has 9 nitrogen and oxygen atoms in total. The number of hydrogen-bond donors (Lipinski definition) is 0. The Kier molecular flexibility index (Phi) is 6.97. The van der Waals surface area contributed by atoms with E-state index in [-0.39, 0.29) is 11.4 Å². The van der Waals surface area contributed by atoms with Gasteiger partial charge in [0, 0.05) is 15.4 Å². The second-order valence-corrected chi connectivity index (χ2v) is 9.12. The van der Waals surface area contributed by atoms with E-state index in [1.54, 1.807) is 37.3 Å². The van der Waals surface area contributed by atoms with Crippen LogP contribution in [0.1, 0.15) is 12.5 Å². The van der Waals surface area contributed by atoms with E-state index in [1.807, 2.05) is 36.4 Å². The van der Waals surface area contributed by atoms with Gasteiger partial charge in [0.1, 0.15) is 5.58 Å². The lowest BCUT2D eigenvalue weighted by Gasteiger charge is -2.16. The average Bonchev–Trinajstić information content (AvgIpc) is 3.37. The molecule has 0 fully saturated rings. The Labute approximate surface area is 225 Å². The van der Waals surface area contributed by atoms with E-state index >= 15 is 0 Å². The highest BCUT2D eigenvalue weighted by Crippen LogP contribution is 2.34. The van der Waals surface area contributed by atoms with Crippen LogP contribution in [-0.2, 0) is 9.53 Å². The van der Waals surface area contributed by atoms with Gasteiger partial charge in [-0.2, -0.15) is 9.78 Å². The third-order valence-corrected chi connectivity index (χ3v) is 6.52. The highest BCUT2D eigenvalue weighted by atomic mass is 79.9. The number of aromatic nitrogens is 2. The van der Waals surface area contributed by atoms with Crippen LogP contribution in [0, 0.1) is 0 Å². The van der Waals surface area contributed by atoms with Gasteiger partial charge >= 0.3 is 5.97 Å². The largest absolute Gasteiger partial charge is 0.493 e. The number of furan rings is 1. The molecule has 5 aromatic rings. The Bertz CT molecular complexity index is 1720. The lowest BCUT2D eigenvalue weighted by atomic mass is 10.2. The monoisotopic (exact) mass is 575 g/mol. The number of nitrogens with zero attached hydrogens (tertiary/aromatic N) is 3. The van der Waals surface area contributed by atoms with E-state index in [2.05, 4.69) is 21.0 Å². The van der Waals surface area contributed by atoms with E-state index in [9.17, 15) is 9.59 Å². The maximum Gasteiger partial charge on any atom is 0.346 e. The van der Waals surface area contributed by atoms with Crippen molar-refractivity contribution in [1.82, 2.24) is 9.66 Å². The number of methoxy groups -OCH3 is 2. The van der Waals surface area contributed by atoms with Gasteiger partial charge < -0.3 is 18.6 Å². The molecule has 38 heavy (non-hydrogen) atoms. The molecule has 2 aromatic heterocycles. The minimum atomic E-state index is -0.839. The number of carbonyl (C=O) groups is 1. The van der Waals surface area contributed by atoms with E-state index in [4.69, 9.17) is 23.6 Å². The molecule has 0 N–H and O–H groups in total. The van der Waals surface area contributed by atoms with Gasteiger partial charge in [-0.15, -0.1) is 0 Å². The zero-order valence-electron chi connectivity index (χ0n) is 20.7. The molecule has 0 aliphatic rings. The molecule has 2 heterocycles. The molecular weight excluding hydrogens is 554 g/mol. The quantitative estimate of drug-likeness (QED) is 0.189. The van der Waals surface area contributed by atoms with Crippen LogP contribution in [0.4, 0.5) is 0 Å². The summed E-state index contributed by atoms with van der Waals surface area (Å²) in [5, 5.41) is 5.79. The van der Waals surface area contributed by atoms with Crippen molar-refractivity contribution in [3.05, 3.63) is 87.1 Å². The topological polar surface area (TPSA) is 105 Å². The molecule has 0 saturated heterocycles. The molecule has 0 amide bonds. The second-order valence-electron chi connectivity index (χ2n) is 8.27. The van der Waals surface area contributed by atoms with E-state index in [0.29, 0.717) is 43.8 Å². The fourth-order valence-corrected chi connectivity index (χ4v) is 4.33. The summed E-state index contributed by atoms with van der Waals surface area (Å²) in [5.74, 6) is 0.850. The van der Waals surface area contributed by atoms with Crippen LogP contribution >= 0.6 is 15.9 Å². The Balaban J connectivity index is 1.61. The number of benzene rings is 3. The molecule has 192 valence electrons. The van der Waals surface area contributed by atoms with Crippen LogP contribution in [0.5, 0.6) is 11.5 Å². The third kappa shape index (κ3) is 4.78. The van der Waals surface area contributed by atoms with Crippen LogP contribution < -0.4 is 15.0 Å². The summed E-state index contributed by atoms with van der Waals surface area (Å²) in [6, 6.07) is 19.8. The van der Waals surface area contributed by atoms with E-state index in [1.165, 1.54) is 25.1 Å². The minimum absolute atomic E-state index is 0.260. The predicted octanol–water partition coefficient (Wildman–Crippen LogP) is 5.40. The van der Waals surface area contributed by atoms with Crippen molar-refractivity contribution in [2.24, 2.45) is 5.10 Å². The van der Waals surface area contributed by atoms with Gasteiger partial charge in [-0.3, -0.25) is 4.79 Å². The van der Waals surface area contributed by atoms with Crippen molar-refractivity contribution >= 4 is 50.0 Å². The number of ether oxygens (including phenoxy) is 3. The van der Waals surface area contributed by atoms with Gasteiger partial charge in [0.2, 0.25) is 5.82 Å². The SMILES string of the molecule is COC(=O)[C@H](C)Oc1cc(Br)c(C=Nn2c(-c3cc4ccccc4o3)nc3ccccc3c2=O)cc1OC. The molecule has 3 aromatic carbocycles. The molecule has 0 aliphatic heterocycles. The fraction of sp³-hybridized carbons (Fsp3) is 0.143. The van der Waals surface area contributed by atoms with E-state index < -0.39 is 12.1 Å². The van der Waals surface area contributed by atoms with Crippen molar-refractivity contribution in [2.75, 3.05) is 14.2 Å². The summed E-state index contributed by atoms with van der Waals surface area (Å²) in [6.45, 7) is 1.58. The molecule has 5 rings (SSSR count). The van der Waals surface area contributed by atoms with Gasteiger partial charge in [0.25, 0.3) is 5.56 Å². The average molecular weight is 576 g/mol. The van der Waals surface area contributed by atoms with Crippen molar-refractivity contribution in [1.29, 1.82) is 0 Å². The Morgan fingerprint density at radius 3 is 2.61 bits per heavy atom. The molecule has 10 heteroatoms. The van der Waals surface area contributed by atoms with E-state index in [0.717, 1.165) is 5.39 Å². The lowest BCUT2D eigenvalue weighted by Crippen LogP contribution is -2.25. The predicted molar refractivity (Wildman–Crippen MR) is 147 cm³/mol. The summed E-state index contributed by atoms with van der Waals surface area (Å²) in [6.07, 6.45) is 0.665. The molecule has 0 spiro atoms. The summed E-state index contributed by atoms with van der Waals surface area (Å²) in [7, 11) is 2.77. The van der Waals surface area contributed by atoms with Crippen molar-refractivity contribution < 1.29 is 23.4 Å². The van der Waals surface area contributed by atoms with Crippen molar-refractivity contribution in [3.8, 4) is 23.1 Å². The molecular formula is C28H22BrN3O6. The van der Waals surface area contributed by atoms with Gasteiger partial charge in [-0.25, -0.2) is 9.78 Å². The fourth-order valence-electron chi connectivity index (χ4n) is 3.91. The molecule has 1 atom stereocenters. The van der Waals surface area contributed by atoms with Gasteiger partial charge in [0.15, 0.2) is 23.4 Å². The Morgan fingerprint density at radius 1 is 1.08 bits per heavy atom. The first-order chi connectivity index (χ1) is 18.4. The van der Waals surface area contributed by atoms with Gasteiger partial charge in [0.05, 0.1) is 31.3 Å². The maximum atomic E-state index is 13.5. The number of para-hydroxylation sites is 2. The summed E-state index contributed by atoms with van der Waals surface area (Å²) in [5.41, 5.74) is 1.45. The third-order valence-electron chi connectivity index (χ3n) is 5.83. The van der Waals surface area contributed by atoms with Crippen LogP contribution in [-0.4, -0.2) is 42.2 Å². The number of fused-ring (bicyclic) bond motifs is 2. The normalized spacial score (nSPS) is 12.2. The standard InChI is InChI=1S/C28H22BrN3O6/c1-16(28(34)36-3)37-24-14-20(29)18(13-23(24)35-2)15-30-32-26(25-12-17-8-4-7-11-22(17)38-25)31-21-10-6-5-9-19(21)27(32)33/h4-16H,1-3H3/t16-/m0/s1. The molecule has 0 aliphatic carbocycles. The zero-order chi connectivity index (χ0) is 26.8. The zero-order valence-corrected chi connectivity index (χ0v) is 22.3. The molecule has 0 bridgehead atoms. The maximum absolute atomic E-state index is 13.5. The number of esters is 1.